The van der Waals surface area contributed by atoms with Crippen LogP contribution in [0.3, 0.4) is 0 Å². The predicted octanol–water partition coefficient (Wildman–Crippen LogP) is -6.89. The summed E-state index contributed by atoms with van der Waals surface area (Å²) in [6.45, 7) is 7.18. The number of carbonyl (C=O) groups is 1. The Hall–Kier alpha value is -1.45. The first-order chi connectivity index (χ1) is 28.2. The van der Waals surface area contributed by atoms with E-state index in [9.17, 15) is 40.5 Å². The van der Waals surface area contributed by atoms with Crippen LogP contribution in [0.2, 0.25) is 0 Å². The maximum Gasteiger partial charge on any atom is 0.302 e. The van der Waals surface area contributed by atoms with Crippen molar-refractivity contribution >= 4 is 5.97 Å². The smallest absolute Gasteiger partial charge is 0.302 e. The van der Waals surface area contributed by atoms with E-state index >= 15 is 0 Å². The highest BCUT2D eigenvalue weighted by Crippen LogP contribution is 2.34. The highest BCUT2D eigenvalue weighted by molar-refractivity contribution is 5.65. The van der Waals surface area contributed by atoms with Crippen LogP contribution >= 0.6 is 0 Å². The zero-order valence-corrected chi connectivity index (χ0v) is 36.0. The molecule has 6 fully saturated rings. The van der Waals surface area contributed by atoms with Crippen LogP contribution in [0.25, 0.3) is 0 Å². The molecule has 18 atom stereocenters. The van der Waals surface area contributed by atoms with E-state index in [1.165, 1.54) is 13.8 Å². The van der Waals surface area contributed by atoms with E-state index in [1.54, 1.807) is 28.1 Å². The summed E-state index contributed by atoms with van der Waals surface area (Å²) < 4.78 is 51.4. The number of aliphatic hydroxyl groups excluding tert-OH is 12. The standard InChI is InChI=1S/C15H26O10.C8H14O5.C6H12O4.C6H12O3.C2H6O.2H2O/c1-5-11(7(16)9(18)13(20)22-5)24-14-10(19)8(17)12-6(23-14)4-21-15(2,3)25-12;1-5(9)13-4-7-8(11)6(10)2-3-12-7;7-2-4-1-5(8)6(9)3-10-4;7-3-6-2-1-5(8)4-9-6;1-3-2;;/h5-14,16-20H,4H2,1-3H3;6-8,10-11H,2-4H2,1H3;4-9H,1-3H2;5-8H,1-4H2;1-2H3;2*1H2/t5?,6?,7-,8-,9?,10?,11+,12+,13+,14-;6-,7?,8-;4?,5-,6?;;;;/m001..../s1. The number of carbonyl (C=O) groups excluding carboxylic acids is 1. The molecule has 6 saturated heterocycles. The van der Waals surface area contributed by atoms with E-state index < -0.39 is 104 Å². The molecule has 6 heterocycles. The summed E-state index contributed by atoms with van der Waals surface area (Å²) in [7, 11) is 3.25. The molecule has 0 aromatic heterocycles. The summed E-state index contributed by atoms with van der Waals surface area (Å²) in [6, 6.07) is 0. The minimum atomic E-state index is -1.57. The van der Waals surface area contributed by atoms with E-state index in [0.29, 0.717) is 26.1 Å². The summed E-state index contributed by atoms with van der Waals surface area (Å²) in [5.74, 6) is -1.34. The quantitative estimate of drug-likeness (QED) is 0.110. The number of rotatable bonds is 6. The normalized spacial score (nSPS) is 41.0. The molecule has 6 aliphatic heterocycles. The first kappa shape index (κ1) is 60.5. The molecule has 62 heavy (non-hydrogen) atoms. The fourth-order valence-corrected chi connectivity index (χ4v) is 6.41. The number of hydrogen-bond donors (Lipinski definition) is 12. The van der Waals surface area contributed by atoms with Crippen molar-refractivity contribution in [3.63, 3.8) is 0 Å². The van der Waals surface area contributed by atoms with Crippen molar-refractivity contribution in [3.8, 4) is 0 Å². The Morgan fingerprint density at radius 3 is 1.87 bits per heavy atom. The van der Waals surface area contributed by atoms with Crippen LogP contribution in [0.15, 0.2) is 0 Å². The van der Waals surface area contributed by atoms with E-state index in [0.717, 1.165) is 12.8 Å². The molecular formula is C37H74O25. The van der Waals surface area contributed by atoms with Gasteiger partial charge in [0, 0.05) is 34.2 Å². The van der Waals surface area contributed by atoms with Gasteiger partial charge in [0.15, 0.2) is 18.4 Å². The molecule has 9 unspecified atom stereocenters. The molecule has 0 aromatic rings. The lowest BCUT2D eigenvalue weighted by Gasteiger charge is -2.50. The summed E-state index contributed by atoms with van der Waals surface area (Å²) in [6.07, 6.45) is -14.2. The topological polar surface area (TPSA) is 415 Å². The molecule has 6 aliphatic rings. The van der Waals surface area contributed by atoms with Crippen LogP contribution in [0, 0.1) is 0 Å². The van der Waals surface area contributed by atoms with Gasteiger partial charge in [0.25, 0.3) is 0 Å². The monoisotopic (exact) mass is 918 g/mol. The Morgan fingerprint density at radius 1 is 0.710 bits per heavy atom. The van der Waals surface area contributed by atoms with Gasteiger partial charge in [-0.25, -0.2) is 0 Å². The second-order valence-corrected chi connectivity index (χ2v) is 15.5. The maximum atomic E-state index is 10.5. The fourth-order valence-electron chi connectivity index (χ4n) is 6.41. The van der Waals surface area contributed by atoms with Crippen molar-refractivity contribution in [1.29, 1.82) is 0 Å². The lowest BCUT2D eigenvalue weighted by atomic mass is 9.96. The molecule has 25 heteroatoms. The third-order valence-corrected chi connectivity index (χ3v) is 9.92. The van der Waals surface area contributed by atoms with Crippen LogP contribution < -0.4 is 0 Å². The second kappa shape index (κ2) is 30.0. The minimum absolute atomic E-state index is 0. The van der Waals surface area contributed by atoms with Gasteiger partial charge in [-0.3, -0.25) is 4.79 Å². The molecule has 0 aliphatic carbocycles. The van der Waals surface area contributed by atoms with E-state index in [2.05, 4.69) is 9.47 Å². The molecular weight excluding hydrogens is 844 g/mol. The molecule has 0 bridgehead atoms. The van der Waals surface area contributed by atoms with Crippen molar-refractivity contribution in [2.75, 3.05) is 60.5 Å². The van der Waals surface area contributed by atoms with Gasteiger partial charge in [0.1, 0.15) is 67.6 Å². The number of methoxy groups -OCH3 is 1. The van der Waals surface area contributed by atoms with Crippen molar-refractivity contribution in [2.45, 2.75) is 169 Å². The Labute approximate surface area is 360 Å². The van der Waals surface area contributed by atoms with Crippen molar-refractivity contribution in [2.24, 2.45) is 0 Å². The summed E-state index contributed by atoms with van der Waals surface area (Å²) in [5.41, 5.74) is 0. The average Bonchev–Trinajstić information content (AvgIpc) is 3.20. The lowest BCUT2D eigenvalue weighted by Crippen LogP contribution is -2.66. The zero-order valence-electron chi connectivity index (χ0n) is 36.0. The van der Waals surface area contributed by atoms with E-state index in [-0.39, 0.29) is 62.3 Å². The van der Waals surface area contributed by atoms with Crippen LogP contribution in [0.4, 0.5) is 0 Å². The van der Waals surface area contributed by atoms with Gasteiger partial charge < -0.3 is 120 Å². The molecule has 16 N–H and O–H groups in total. The third kappa shape index (κ3) is 19.6. The molecule has 0 spiro atoms. The molecule has 25 nitrogen and oxygen atoms in total. The number of hydrogen-bond acceptors (Lipinski definition) is 23. The van der Waals surface area contributed by atoms with Crippen LogP contribution in [-0.4, -0.2) is 255 Å². The molecule has 0 radical (unpaired) electrons. The predicted molar refractivity (Wildman–Crippen MR) is 208 cm³/mol. The van der Waals surface area contributed by atoms with Gasteiger partial charge in [-0.2, -0.15) is 0 Å². The lowest BCUT2D eigenvalue weighted by molar-refractivity contribution is -0.396. The van der Waals surface area contributed by atoms with Gasteiger partial charge in [-0.15, -0.1) is 0 Å². The number of esters is 1. The molecule has 0 aromatic carbocycles. The Bertz CT molecular complexity index is 1160. The number of ether oxygens (including phenoxy) is 10. The van der Waals surface area contributed by atoms with E-state index in [1.807, 2.05) is 0 Å². The largest absolute Gasteiger partial charge is 0.463 e. The molecule has 0 saturated carbocycles. The molecule has 372 valence electrons. The number of fused-ring (bicyclic) bond motifs is 1. The Morgan fingerprint density at radius 2 is 1.32 bits per heavy atom. The van der Waals surface area contributed by atoms with Gasteiger partial charge in [-0.1, -0.05) is 0 Å². The van der Waals surface area contributed by atoms with Crippen LogP contribution in [0.5, 0.6) is 0 Å². The Balaban J connectivity index is 0.000000849. The average molecular weight is 919 g/mol. The third-order valence-electron chi connectivity index (χ3n) is 9.92. The first-order valence-electron chi connectivity index (χ1n) is 19.9. The molecule has 6 rings (SSSR count). The maximum absolute atomic E-state index is 10.5. The van der Waals surface area contributed by atoms with Gasteiger partial charge >= 0.3 is 5.97 Å². The minimum Gasteiger partial charge on any atom is -0.463 e. The zero-order chi connectivity index (χ0) is 45.3. The SMILES string of the molecule is CC(=O)OCC1OCC[C@H](O)[C@@H]1O.CC1O[C@@H](O)C(O)[C@H](O)[C@@H]1O[C@@H]1OC2COC(C)(C)O[C@H]2[C@@H](O)C1O.COC.O.O.OCC1CCC(O)CO1.OCC1C[C@@H](O)C(O)CO1. The van der Waals surface area contributed by atoms with E-state index in [4.69, 9.17) is 63.4 Å². The van der Waals surface area contributed by atoms with Crippen LogP contribution in [-0.2, 0) is 52.2 Å². The summed E-state index contributed by atoms with van der Waals surface area (Å²) in [4.78, 5) is 10.5. The fraction of sp³-hybridized carbons (Fsp3) is 0.973. The van der Waals surface area contributed by atoms with Crippen molar-refractivity contribution in [1.82, 2.24) is 0 Å². The summed E-state index contributed by atoms with van der Waals surface area (Å²) >= 11 is 0. The van der Waals surface area contributed by atoms with Gasteiger partial charge in [0.2, 0.25) is 0 Å². The summed E-state index contributed by atoms with van der Waals surface area (Å²) in [5, 5.41) is 113. The van der Waals surface area contributed by atoms with Crippen molar-refractivity contribution < 1.29 is 124 Å². The highest BCUT2D eigenvalue weighted by atomic mass is 16.8. The van der Waals surface area contributed by atoms with Gasteiger partial charge in [-0.05, 0) is 40.0 Å². The highest BCUT2D eigenvalue weighted by Gasteiger charge is 2.53. The number of aliphatic hydroxyl groups is 12. The first-order valence-corrected chi connectivity index (χ1v) is 19.9. The van der Waals surface area contributed by atoms with Crippen LogP contribution in [0.1, 0.15) is 53.4 Å². The van der Waals surface area contributed by atoms with Gasteiger partial charge in [0.05, 0.1) is 69.7 Å². The second-order valence-electron chi connectivity index (χ2n) is 15.5. The van der Waals surface area contributed by atoms with Crippen molar-refractivity contribution in [3.05, 3.63) is 0 Å². The Kier molecular flexibility index (Phi) is 29.3. The molecule has 0 amide bonds.